The van der Waals surface area contributed by atoms with Crippen molar-refractivity contribution in [3.05, 3.63) is 57.6 Å². The number of carbonyl (C=O) groups is 1. The third-order valence-corrected chi connectivity index (χ3v) is 5.44. The van der Waals surface area contributed by atoms with Crippen LogP contribution in [0.4, 0.5) is 0 Å². The van der Waals surface area contributed by atoms with Crippen LogP contribution in [-0.2, 0) is 23.1 Å². The van der Waals surface area contributed by atoms with E-state index in [9.17, 15) is 15.0 Å². The summed E-state index contributed by atoms with van der Waals surface area (Å²) in [5.74, 6) is -0.363. The van der Waals surface area contributed by atoms with Crippen molar-refractivity contribution in [3.63, 3.8) is 0 Å². The van der Waals surface area contributed by atoms with E-state index in [2.05, 4.69) is 5.32 Å². The molecule has 0 fully saturated rings. The largest absolute Gasteiger partial charge is 0.508 e. The first kappa shape index (κ1) is 17.6. The monoisotopic (exact) mass is 360 g/mol. The van der Waals surface area contributed by atoms with E-state index in [4.69, 9.17) is 17.3 Å². The fourth-order valence-corrected chi connectivity index (χ4v) is 4.06. The Morgan fingerprint density at radius 3 is 2.60 bits per heavy atom. The second kappa shape index (κ2) is 6.58. The summed E-state index contributed by atoms with van der Waals surface area (Å²) in [6.45, 7) is 2.86. The van der Waals surface area contributed by atoms with Crippen LogP contribution < -0.4 is 11.1 Å². The molecular weight excluding hydrogens is 340 g/mol. The van der Waals surface area contributed by atoms with Crippen LogP contribution in [0, 0.1) is 0 Å². The molecule has 0 saturated carbocycles. The Balaban J connectivity index is 2.35. The van der Waals surface area contributed by atoms with Crippen molar-refractivity contribution < 1.29 is 15.0 Å². The fraction of sp³-hybridized carbons (Fsp3) is 0.316. The number of benzene rings is 2. The van der Waals surface area contributed by atoms with Gasteiger partial charge in [-0.3, -0.25) is 4.79 Å². The van der Waals surface area contributed by atoms with Crippen LogP contribution in [0.2, 0.25) is 5.02 Å². The fourth-order valence-electron chi connectivity index (χ4n) is 3.64. The molecule has 1 unspecified atom stereocenters. The minimum Gasteiger partial charge on any atom is -0.508 e. The second-order valence-electron chi connectivity index (χ2n) is 6.31. The minimum atomic E-state index is -1.17. The maximum absolute atomic E-state index is 12.6. The first-order chi connectivity index (χ1) is 11.9. The van der Waals surface area contributed by atoms with E-state index in [-0.39, 0.29) is 11.5 Å². The van der Waals surface area contributed by atoms with Crippen LogP contribution in [0.3, 0.4) is 0 Å². The molecule has 5 N–H and O–H groups in total. The number of aromatic hydroxyl groups is 2. The van der Waals surface area contributed by atoms with Gasteiger partial charge in [0.15, 0.2) is 0 Å². The van der Waals surface area contributed by atoms with Gasteiger partial charge in [0.2, 0.25) is 5.91 Å². The number of primary amides is 1. The lowest BCUT2D eigenvalue weighted by Crippen LogP contribution is -2.49. The predicted molar refractivity (Wildman–Crippen MR) is 97.1 cm³/mol. The maximum atomic E-state index is 12.6. The first-order valence-electron chi connectivity index (χ1n) is 8.25. The summed E-state index contributed by atoms with van der Waals surface area (Å²) < 4.78 is 0. The molecule has 1 atom stereocenters. The molecule has 0 aromatic heterocycles. The molecule has 25 heavy (non-hydrogen) atoms. The van der Waals surface area contributed by atoms with E-state index in [1.54, 1.807) is 18.2 Å². The zero-order valence-electron chi connectivity index (χ0n) is 14.0. The van der Waals surface area contributed by atoms with Crippen molar-refractivity contribution in [3.8, 4) is 11.5 Å². The van der Waals surface area contributed by atoms with Crippen molar-refractivity contribution in [2.75, 3.05) is 13.1 Å². The average molecular weight is 361 g/mol. The summed E-state index contributed by atoms with van der Waals surface area (Å²) in [5.41, 5.74) is 7.45. The molecule has 1 amide bonds. The van der Waals surface area contributed by atoms with Gasteiger partial charge in [-0.05, 0) is 54.3 Å². The summed E-state index contributed by atoms with van der Waals surface area (Å²) in [6.07, 6.45) is 1.22. The predicted octanol–water partition coefficient (Wildman–Crippen LogP) is 2.23. The molecule has 2 aromatic rings. The molecule has 1 aliphatic heterocycles. The zero-order chi connectivity index (χ0) is 18.2. The van der Waals surface area contributed by atoms with Gasteiger partial charge in [-0.1, -0.05) is 30.7 Å². The van der Waals surface area contributed by atoms with Crippen LogP contribution >= 0.6 is 11.6 Å². The maximum Gasteiger partial charge on any atom is 0.233 e. The number of carbonyl (C=O) groups excluding carboxylic acids is 1. The number of nitrogens with two attached hydrogens (primary N) is 1. The summed E-state index contributed by atoms with van der Waals surface area (Å²) >= 11 is 6.57. The summed E-state index contributed by atoms with van der Waals surface area (Å²) in [6, 6.07) is 8.01. The molecule has 5 nitrogen and oxygen atoms in total. The van der Waals surface area contributed by atoms with Gasteiger partial charge in [-0.15, -0.1) is 0 Å². The first-order valence-corrected chi connectivity index (χ1v) is 8.63. The number of fused-ring (bicyclic) bond motifs is 1. The summed E-state index contributed by atoms with van der Waals surface area (Å²) in [4.78, 5) is 12.6. The van der Waals surface area contributed by atoms with Gasteiger partial charge in [-0.25, -0.2) is 0 Å². The average Bonchev–Trinajstić information content (AvgIpc) is 2.76. The Hall–Kier alpha value is -2.24. The van der Waals surface area contributed by atoms with Gasteiger partial charge in [0.25, 0.3) is 0 Å². The van der Waals surface area contributed by atoms with Gasteiger partial charge >= 0.3 is 0 Å². The standard InChI is InChI=1S/C19H21ClN2O3/c1-2-13-16(24)9-15-14(17(13)20)7-8-22-10-19(15,18(21)25)11-3-5-12(23)6-4-11/h3-6,9,22-24H,2,7-8,10H2,1H3,(H2,21,25). The number of halogens is 1. The van der Waals surface area contributed by atoms with Gasteiger partial charge in [0.1, 0.15) is 16.9 Å². The topological polar surface area (TPSA) is 95.6 Å². The number of rotatable bonds is 3. The minimum absolute atomic E-state index is 0.0672. The molecular formula is C19H21ClN2O3. The number of hydrogen-bond donors (Lipinski definition) is 4. The van der Waals surface area contributed by atoms with E-state index in [0.29, 0.717) is 47.6 Å². The highest BCUT2D eigenvalue weighted by Crippen LogP contribution is 2.43. The van der Waals surface area contributed by atoms with E-state index in [1.165, 1.54) is 12.1 Å². The van der Waals surface area contributed by atoms with Crippen molar-refractivity contribution in [1.82, 2.24) is 5.32 Å². The highest BCUT2D eigenvalue weighted by atomic mass is 35.5. The Morgan fingerprint density at radius 1 is 1.32 bits per heavy atom. The molecule has 1 heterocycles. The molecule has 0 radical (unpaired) electrons. The number of hydrogen-bond acceptors (Lipinski definition) is 4. The summed E-state index contributed by atoms with van der Waals surface area (Å²) in [5, 5.41) is 23.8. The third kappa shape index (κ3) is 2.73. The quantitative estimate of drug-likeness (QED) is 0.675. The highest BCUT2D eigenvalue weighted by molar-refractivity contribution is 6.32. The van der Waals surface area contributed by atoms with Crippen LogP contribution in [0.1, 0.15) is 29.2 Å². The van der Waals surface area contributed by atoms with Gasteiger partial charge in [-0.2, -0.15) is 0 Å². The lowest BCUT2D eigenvalue weighted by molar-refractivity contribution is -0.122. The van der Waals surface area contributed by atoms with Gasteiger partial charge in [0, 0.05) is 12.1 Å². The number of nitrogens with one attached hydrogen (secondary N) is 1. The van der Waals surface area contributed by atoms with E-state index < -0.39 is 11.3 Å². The van der Waals surface area contributed by atoms with Crippen LogP contribution in [0.25, 0.3) is 0 Å². The van der Waals surface area contributed by atoms with E-state index in [1.807, 2.05) is 6.92 Å². The SMILES string of the molecule is CCc1c(O)cc2c(c1Cl)CCNCC2(C(N)=O)c1ccc(O)cc1. The summed E-state index contributed by atoms with van der Waals surface area (Å²) in [7, 11) is 0. The molecule has 6 heteroatoms. The second-order valence-corrected chi connectivity index (χ2v) is 6.69. The van der Waals surface area contributed by atoms with Crippen LogP contribution in [-0.4, -0.2) is 29.2 Å². The Morgan fingerprint density at radius 2 is 2.00 bits per heavy atom. The number of phenolic OH excluding ortho intramolecular Hbond substituents is 2. The molecule has 132 valence electrons. The van der Waals surface area contributed by atoms with Crippen molar-refractivity contribution in [2.45, 2.75) is 25.2 Å². The molecule has 0 bridgehead atoms. The van der Waals surface area contributed by atoms with Crippen molar-refractivity contribution in [2.24, 2.45) is 5.73 Å². The Bertz CT molecular complexity index is 820. The lowest BCUT2D eigenvalue weighted by atomic mass is 9.71. The molecule has 1 aliphatic rings. The Labute approximate surface area is 151 Å². The van der Waals surface area contributed by atoms with E-state index >= 15 is 0 Å². The smallest absolute Gasteiger partial charge is 0.233 e. The molecule has 0 spiro atoms. The normalized spacial score (nSPS) is 19.9. The van der Waals surface area contributed by atoms with E-state index in [0.717, 1.165) is 5.56 Å². The lowest BCUT2D eigenvalue weighted by Gasteiger charge is -2.33. The molecule has 0 saturated heterocycles. The third-order valence-electron chi connectivity index (χ3n) is 4.98. The van der Waals surface area contributed by atoms with Gasteiger partial charge in [0.05, 0.1) is 5.02 Å². The number of phenols is 2. The molecule has 2 aromatic carbocycles. The Kier molecular flexibility index (Phi) is 4.62. The van der Waals surface area contributed by atoms with Crippen LogP contribution in [0.5, 0.6) is 11.5 Å². The highest BCUT2D eigenvalue weighted by Gasteiger charge is 2.44. The number of amides is 1. The van der Waals surface area contributed by atoms with Crippen molar-refractivity contribution in [1.29, 1.82) is 0 Å². The van der Waals surface area contributed by atoms with Crippen LogP contribution in [0.15, 0.2) is 30.3 Å². The molecule has 0 aliphatic carbocycles. The zero-order valence-corrected chi connectivity index (χ0v) is 14.7. The van der Waals surface area contributed by atoms with Gasteiger partial charge < -0.3 is 21.3 Å². The van der Waals surface area contributed by atoms with Crippen molar-refractivity contribution >= 4 is 17.5 Å². The molecule has 3 rings (SSSR count).